The Kier molecular flexibility index (Phi) is 2.11. The average molecular weight is 219 g/mol. The van der Waals surface area contributed by atoms with E-state index in [1.54, 1.807) is 0 Å². The summed E-state index contributed by atoms with van der Waals surface area (Å²) in [5.41, 5.74) is 2.46. The first-order valence-electron chi connectivity index (χ1n) is 5.84. The van der Waals surface area contributed by atoms with Gasteiger partial charge in [-0.3, -0.25) is 0 Å². The standard InChI is InChI=1S/C13H17NO2/c1-14-6-7-16-12-3-2-10(8-11(12)14)13(9-15)4-5-13/h2-3,8,15H,4-7,9H2,1H3. The van der Waals surface area contributed by atoms with E-state index >= 15 is 0 Å². The van der Waals surface area contributed by atoms with Gasteiger partial charge >= 0.3 is 0 Å². The van der Waals surface area contributed by atoms with Gasteiger partial charge in [-0.25, -0.2) is 0 Å². The molecule has 0 radical (unpaired) electrons. The second kappa shape index (κ2) is 3.39. The molecule has 1 N–H and O–H groups in total. The largest absolute Gasteiger partial charge is 0.490 e. The highest BCUT2D eigenvalue weighted by molar-refractivity contribution is 5.62. The summed E-state index contributed by atoms with van der Waals surface area (Å²) in [6.45, 7) is 1.95. The SMILES string of the molecule is CN1CCOc2ccc(C3(CO)CC3)cc21. The Morgan fingerprint density at radius 3 is 2.94 bits per heavy atom. The molecule has 1 aromatic rings. The van der Waals surface area contributed by atoms with E-state index in [0.717, 1.165) is 37.4 Å². The Morgan fingerprint density at radius 1 is 1.44 bits per heavy atom. The molecule has 1 heterocycles. The fourth-order valence-electron chi connectivity index (χ4n) is 2.37. The lowest BCUT2D eigenvalue weighted by Gasteiger charge is -2.29. The molecule has 1 aromatic carbocycles. The molecule has 16 heavy (non-hydrogen) atoms. The van der Waals surface area contributed by atoms with Gasteiger partial charge in [-0.2, -0.15) is 0 Å². The highest BCUT2D eigenvalue weighted by Gasteiger charge is 2.44. The lowest BCUT2D eigenvalue weighted by atomic mass is 9.96. The summed E-state index contributed by atoms with van der Waals surface area (Å²) in [4.78, 5) is 2.22. The predicted octanol–water partition coefficient (Wildman–Crippen LogP) is 1.54. The topological polar surface area (TPSA) is 32.7 Å². The zero-order valence-corrected chi connectivity index (χ0v) is 9.57. The van der Waals surface area contributed by atoms with E-state index in [1.807, 2.05) is 6.07 Å². The number of benzene rings is 1. The molecule has 3 nitrogen and oxygen atoms in total. The van der Waals surface area contributed by atoms with Gasteiger partial charge in [0.05, 0.1) is 18.8 Å². The number of rotatable bonds is 2. The molecule has 1 saturated carbocycles. The van der Waals surface area contributed by atoms with Gasteiger partial charge in [0.15, 0.2) is 0 Å². The summed E-state index contributed by atoms with van der Waals surface area (Å²) in [6.07, 6.45) is 2.21. The maximum Gasteiger partial charge on any atom is 0.142 e. The third-order valence-electron chi connectivity index (χ3n) is 3.82. The fourth-order valence-corrected chi connectivity index (χ4v) is 2.37. The predicted molar refractivity (Wildman–Crippen MR) is 63.2 cm³/mol. The number of likely N-dealkylation sites (N-methyl/N-ethyl adjacent to an activating group) is 1. The molecule has 1 aliphatic carbocycles. The average Bonchev–Trinajstić information content (AvgIpc) is 3.10. The number of aliphatic hydroxyl groups excluding tert-OH is 1. The molecule has 0 unspecified atom stereocenters. The quantitative estimate of drug-likeness (QED) is 0.819. The molecule has 0 bridgehead atoms. The van der Waals surface area contributed by atoms with Crippen molar-refractivity contribution < 1.29 is 9.84 Å². The Hall–Kier alpha value is -1.22. The van der Waals surface area contributed by atoms with Crippen molar-refractivity contribution in [2.75, 3.05) is 31.7 Å². The maximum absolute atomic E-state index is 9.44. The van der Waals surface area contributed by atoms with Crippen molar-refractivity contribution >= 4 is 5.69 Å². The smallest absolute Gasteiger partial charge is 0.142 e. The highest BCUT2D eigenvalue weighted by atomic mass is 16.5. The van der Waals surface area contributed by atoms with E-state index in [0.29, 0.717) is 0 Å². The summed E-state index contributed by atoms with van der Waals surface area (Å²) >= 11 is 0. The zero-order chi connectivity index (χ0) is 11.2. The van der Waals surface area contributed by atoms with E-state index < -0.39 is 0 Å². The third-order valence-corrected chi connectivity index (χ3v) is 3.82. The van der Waals surface area contributed by atoms with Crippen LogP contribution in [0.1, 0.15) is 18.4 Å². The van der Waals surface area contributed by atoms with Crippen LogP contribution in [0, 0.1) is 0 Å². The molecule has 2 aliphatic rings. The lowest BCUT2D eigenvalue weighted by molar-refractivity contribution is 0.254. The van der Waals surface area contributed by atoms with Gasteiger partial charge in [-0.1, -0.05) is 6.07 Å². The Balaban J connectivity index is 2.01. The fraction of sp³-hybridized carbons (Fsp3) is 0.538. The molecule has 0 spiro atoms. The van der Waals surface area contributed by atoms with Crippen LogP contribution < -0.4 is 9.64 Å². The van der Waals surface area contributed by atoms with Crippen LogP contribution in [0.15, 0.2) is 18.2 Å². The van der Waals surface area contributed by atoms with E-state index in [9.17, 15) is 5.11 Å². The van der Waals surface area contributed by atoms with E-state index in [1.165, 1.54) is 5.56 Å². The molecule has 1 fully saturated rings. The molecule has 3 rings (SSSR count). The van der Waals surface area contributed by atoms with Crippen molar-refractivity contribution in [1.82, 2.24) is 0 Å². The third kappa shape index (κ3) is 1.39. The second-order valence-corrected chi connectivity index (χ2v) is 4.89. The Labute approximate surface area is 95.6 Å². The van der Waals surface area contributed by atoms with Crippen molar-refractivity contribution in [2.45, 2.75) is 18.3 Å². The minimum Gasteiger partial charge on any atom is -0.490 e. The van der Waals surface area contributed by atoms with Crippen molar-refractivity contribution in [2.24, 2.45) is 0 Å². The van der Waals surface area contributed by atoms with Gasteiger partial charge in [0.1, 0.15) is 12.4 Å². The minimum absolute atomic E-state index is 0.0489. The number of fused-ring (bicyclic) bond motifs is 1. The van der Waals surface area contributed by atoms with Crippen molar-refractivity contribution in [3.05, 3.63) is 23.8 Å². The molecule has 86 valence electrons. The molecular weight excluding hydrogens is 202 g/mol. The molecule has 3 heteroatoms. The van der Waals surface area contributed by atoms with Gasteiger partial charge in [-0.05, 0) is 30.5 Å². The van der Waals surface area contributed by atoms with Crippen LogP contribution in [0.3, 0.4) is 0 Å². The van der Waals surface area contributed by atoms with E-state index in [-0.39, 0.29) is 12.0 Å². The van der Waals surface area contributed by atoms with Crippen LogP contribution in [-0.2, 0) is 5.41 Å². The monoisotopic (exact) mass is 219 g/mol. The Bertz CT molecular complexity index is 412. The van der Waals surface area contributed by atoms with Crippen molar-refractivity contribution in [3.8, 4) is 5.75 Å². The molecule has 0 saturated heterocycles. The zero-order valence-electron chi connectivity index (χ0n) is 9.57. The van der Waals surface area contributed by atoms with Crippen molar-refractivity contribution in [3.63, 3.8) is 0 Å². The van der Waals surface area contributed by atoms with Gasteiger partial charge in [0.25, 0.3) is 0 Å². The summed E-state index contributed by atoms with van der Waals surface area (Å²) < 4.78 is 5.61. The molecule has 0 aromatic heterocycles. The Morgan fingerprint density at radius 2 is 2.25 bits per heavy atom. The number of anilines is 1. The van der Waals surface area contributed by atoms with Gasteiger partial charge < -0.3 is 14.7 Å². The van der Waals surface area contributed by atoms with Gasteiger partial charge in [0.2, 0.25) is 0 Å². The van der Waals surface area contributed by atoms with Crippen molar-refractivity contribution in [1.29, 1.82) is 0 Å². The molecule has 0 amide bonds. The highest BCUT2D eigenvalue weighted by Crippen LogP contribution is 2.49. The van der Waals surface area contributed by atoms with E-state index in [2.05, 4.69) is 24.1 Å². The maximum atomic E-state index is 9.44. The van der Waals surface area contributed by atoms with Crippen LogP contribution in [0.2, 0.25) is 0 Å². The van der Waals surface area contributed by atoms with Gasteiger partial charge in [-0.15, -0.1) is 0 Å². The molecular formula is C13H17NO2. The number of hydrogen-bond acceptors (Lipinski definition) is 3. The van der Waals surface area contributed by atoms with Crippen LogP contribution in [0.4, 0.5) is 5.69 Å². The second-order valence-electron chi connectivity index (χ2n) is 4.89. The van der Waals surface area contributed by atoms with Crippen LogP contribution in [0.5, 0.6) is 5.75 Å². The van der Waals surface area contributed by atoms with E-state index in [4.69, 9.17) is 4.74 Å². The van der Waals surface area contributed by atoms with Gasteiger partial charge in [0, 0.05) is 12.5 Å². The van der Waals surface area contributed by atoms with Crippen LogP contribution >= 0.6 is 0 Å². The molecule has 0 atom stereocenters. The minimum atomic E-state index is 0.0489. The normalized spacial score (nSPS) is 21.2. The number of aliphatic hydroxyl groups is 1. The first kappa shape index (κ1) is 9.97. The van der Waals surface area contributed by atoms with Crippen LogP contribution in [0.25, 0.3) is 0 Å². The number of ether oxygens (including phenoxy) is 1. The summed E-state index contributed by atoms with van der Waals surface area (Å²) in [5, 5.41) is 9.44. The first-order valence-corrected chi connectivity index (χ1v) is 5.84. The first-order chi connectivity index (χ1) is 7.75. The van der Waals surface area contributed by atoms with Crippen LogP contribution in [-0.4, -0.2) is 31.9 Å². The lowest BCUT2D eigenvalue weighted by Crippen LogP contribution is -2.29. The summed E-state index contributed by atoms with van der Waals surface area (Å²) in [5.74, 6) is 0.964. The molecule has 1 aliphatic heterocycles. The summed E-state index contributed by atoms with van der Waals surface area (Å²) in [6, 6.07) is 6.31. The number of hydrogen-bond donors (Lipinski definition) is 1. The number of nitrogens with zero attached hydrogens (tertiary/aromatic N) is 1. The summed E-state index contributed by atoms with van der Waals surface area (Å²) in [7, 11) is 2.09.